The van der Waals surface area contributed by atoms with Crippen molar-refractivity contribution in [3.8, 4) is 11.5 Å². The van der Waals surface area contributed by atoms with E-state index in [9.17, 15) is 22.4 Å². The Hall–Kier alpha value is -3.89. The summed E-state index contributed by atoms with van der Waals surface area (Å²) in [6, 6.07) is 9.86. The molecule has 1 aliphatic heterocycles. The molecule has 0 radical (unpaired) electrons. The van der Waals surface area contributed by atoms with Gasteiger partial charge in [0.15, 0.2) is 11.5 Å². The molecule has 0 aliphatic carbocycles. The lowest BCUT2D eigenvalue weighted by Gasteiger charge is -2.31. The summed E-state index contributed by atoms with van der Waals surface area (Å²) in [4.78, 5) is 20.8. The van der Waals surface area contributed by atoms with Crippen LogP contribution < -0.4 is 20.1 Å². The van der Waals surface area contributed by atoms with Crippen LogP contribution in [0.25, 0.3) is 0 Å². The number of amides is 1. The SMILES string of the molecule is O=C(Nc1ccc2c(c1)OC(F)(F)C(F)(F)O2)c1cccnc1NCc1ccncc1. The first kappa shape index (κ1) is 20.4. The summed E-state index contributed by atoms with van der Waals surface area (Å²) in [5.74, 6) is -1.51. The van der Waals surface area contributed by atoms with Gasteiger partial charge in [-0.15, -0.1) is 0 Å². The number of nitrogens with one attached hydrogen (secondary N) is 2. The quantitative estimate of drug-likeness (QED) is 0.583. The number of benzene rings is 1. The molecule has 3 heterocycles. The molecule has 0 spiro atoms. The molecular weight excluding hydrogens is 420 g/mol. The summed E-state index contributed by atoms with van der Waals surface area (Å²) in [5, 5.41) is 5.54. The molecule has 1 amide bonds. The van der Waals surface area contributed by atoms with Gasteiger partial charge in [0.1, 0.15) is 5.82 Å². The van der Waals surface area contributed by atoms with Crippen LogP contribution in [0.5, 0.6) is 11.5 Å². The van der Waals surface area contributed by atoms with Gasteiger partial charge in [0.25, 0.3) is 5.91 Å². The second kappa shape index (κ2) is 7.74. The average molecular weight is 434 g/mol. The molecule has 2 aromatic heterocycles. The fourth-order valence-electron chi connectivity index (χ4n) is 2.76. The van der Waals surface area contributed by atoms with Gasteiger partial charge in [-0.2, -0.15) is 17.6 Å². The first-order valence-electron chi connectivity index (χ1n) is 8.92. The van der Waals surface area contributed by atoms with Crippen molar-refractivity contribution >= 4 is 17.4 Å². The van der Waals surface area contributed by atoms with Gasteiger partial charge in [0, 0.05) is 36.9 Å². The number of nitrogens with zero attached hydrogens (tertiary/aromatic N) is 2. The monoisotopic (exact) mass is 434 g/mol. The molecule has 11 heteroatoms. The summed E-state index contributed by atoms with van der Waals surface area (Å²) in [5.41, 5.74) is 1.14. The third kappa shape index (κ3) is 4.20. The summed E-state index contributed by atoms with van der Waals surface area (Å²) in [6.45, 7) is 0.382. The molecule has 3 aromatic rings. The van der Waals surface area contributed by atoms with Crippen LogP contribution >= 0.6 is 0 Å². The maximum absolute atomic E-state index is 13.4. The highest BCUT2D eigenvalue weighted by atomic mass is 19.3. The summed E-state index contributed by atoms with van der Waals surface area (Å²) >= 11 is 0. The van der Waals surface area contributed by atoms with Crippen LogP contribution in [-0.4, -0.2) is 28.1 Å². The van der Waals surface area contributed by atoms with Gasteiger partial charge in [-0.25, -0.2) is 4.98 Å². The van der Waals surface area contributed by atoms with Crippen molar-refractivity contribution in [2.45, 2.75) is 18.8 Å². The molecular formula is C20H14F4N4O3. The van der Waals surface area contributed by atoms with Crippen LogP contribution in [0.15, 0.2) is 61.1 Å². The number of hydrogen-bond donors (Lipinski definition) is 2. The van der Waals surface area contributed by atoms with E-state index in [1.54, 1.807) is 30.6 Å². The van der Waals surface area contributed by atoms with Gasteiger partial charge >= 0.3 is 12.2 Å². The molecule has 7 nitrogen and oxygen atoms in total. The van der Waals surface area contributed by atoms with E-state index < -0.39 is 29.6 Å². The Morgan fingerprint density at radius 1 is 0.935 bits per heavy atom. The van der Waals surface area contributed by atoms with Crippen LogP contribution in [0, 0.1) is 0 Å². The number of hydrogen-bond acceptors (Lipinski definition) is 6. The number of carbonyl (C=O) groups excluding carboxylic acids is 1. The number of anilines is 2. The van der Waals surface area contributed by atoms with Crippen LogP contribution in [0.2, 0.25) is 0 Å². The highest BCUT2D eigenvalue weighted by Gasteiger charge is 2.65. The summed E-state index contributed by atoms with van der Waals surface area (Å²) in [7, 11) is 0. The van der Waals surface area contributed by atoms with Gasteiger partial charge in [0.2, 0.25) is 0 Å². The van der Waals surface area contributed by atoms with Crippen LogP contribution in [0.3, 0.4) is 0 Å². The van der Waals surface area contributed by atoms with Crippen molar-refractivity contribution in [1.29, 1.82) is 0 Å². The molecule has 4 rings (SSSR count). The lowest BCUT2D eigenvalue weighted by Crippen LogP contribution is -2.52. The lowest BCUT2D eigenvalue weighted by atomic mass is 10.2. The van der Waals surface area contributed by atoms with E-state index in [0.717, 1.165) is 17.7 Å². The minimum Gasteiger partial charge on any atom is -0.421 e. The lowest BCUT2D eigenvalue weighted by molar-refractivity contribution is -0.391. The van der Waals surface area contributed by atoms with Crippen LogP contribution in [0.4, 0.5) is 29.1 Å². The van der Waals surface area contributed by atoms with Gasteiger partial charge in [-0.1, -0.05) is 0 Å². The molecule has 0 atom stereocenters. The fourth-order valence-corrected chi connectivity index (χ4v) is 2.76. The van der Waals surface area contributed by atoms with Crippen molar-refractivity contribution in [3.05, 3.63) is 72.2 Å². The third-order valence-electron chi connectivity index (χ3n) is 4.28. The predicted octanol–water partition coefficient (Wildman–Crippen LogP) is 4.30. The molecule has 0 saturated heterocycles. The van der Waals surface area contributed by atoms with Crippen molar-refractivity contribution < 1.29 is 31.8 Å². The molecule has 0 bridgehead atoms. The maximum atomic E-state index is 13.4. The molecule has 31 heavy (non-hydrogen) atoms. The minimum atomic E-state index is -4.85. The standard InChI is InChI=1S/C20H14F4N4O3/c21-19(22)20(23,24)31-16-10-13(3-4-15(16)30-19)28-18(29)14-2-1-7-26-17(14)27-11-12-5-8-25-9-6-12/h1-10H,11H2,(H,26,27)(H,28,29). The Bertz CT molecular complexity index is 1110. The van der Waals surface area contributed by atoms with E-state index in [0.29, 0.717) is 12.4 Å². The first-order chi connectivity index (χ1) is 14.7. The van der Waals surface area contributed by atoms with Crippen LogP contribution in [0.1, 0.15) is 15.9 Å². The van der Waals surface area contributed by atoms with Crippen LogP contribution in [-0.2, 0) is 6.54 Å². The van der Waals surface area contributed by atoms with Gasteiger partial charge in [-0.05, 0) is 42.0 Å². The Labute approximate surface area is 173 Å². The number of aromatic nitrogens is 2. The zero-order valence-corrected chi connectivity index (χ0v) is 15.6. The Balaban J connectivity index is 1.51. The van der Waals surface area contributed by atoms with Gasteiger partial charge in [-0.3, -0.25) is 9.78 Å². The Kier molecular flexibility index (Phi) is 5.09. The van der Waals surface area contributed by atoms with E-state index in [4.69, 9.17) is 0 Å². The third-order valence-corrected chi connectivity index (χ3v) is 4.28. The first-order valence-corrected chi connectivity index (χ1v) is 8.92. The largest absolute Gasteiger partial charge is 0.507 e. The molecule has 1 aromatic carbocycles. The van der Waals surface area contributed by atoms with Crippen molar-refractivity contribution in [2.24, 2.45) is 0 Å². The number of pyridine rings is 2. The average Bonchev–Trinajstić information content (AvgIpc) is 2.74. The Morgan fingerprint density at radius 3 is 2.39 bits per heavy atom. The highest BCUT2D eigenvalue weighted by Crippen LogP contribution is 2.47. The number of rotatable bonds is 5. The topological polar surface area (TPSA) is 85.4 Å². The molecule has 2 N–H and O–H groups in total. The second-order valence-electron chi connectivity index (χ2n) is 6.46. The van der Waals surface area contributed by atoms with Crippen molar-refractivity contribution in [3.63, 3.8) is 0 Å². The number of alkyl halides is 4. The maximum Gasteiger partial charge on any atom is 0.507 e. The molecule has 0 saturated carbocycles. The highest BCUT2D eigenvalue weighted by molar-refractivity contribution is 6.07. The number of fused-ring (bicyclic) bond motifs is 1. The molecule has 0 unspecified atom stereocenters. The minimum absolute atomic E-state index is 0.0392. The fraction of sp³-hybridized carbons (Fsp3) is 0.150. The van der Waals surface area contributed by atoms with Crippen molar-refractivity contribution in [2.75, 3.05) is 10.6 Å². The number of halogens is 4. The van der Waals surface area contributed by atoms with Gasteiger partial charge < -0.3 is 20.1 Å². The van der Waals surface area contributed by atoms with E-state index >= 15 is 0 Å². The zero-order valence-electron chi connectivity index (χ0n) is 15.6. The van der Waals surface area contributed by atoms with Gasteiger partial charge in [0.05, 0.1) is 5.56 Å². The van der Waals surface area contributed by atoms with E-state index in [-0.39, 0.29) is 11.3 Å². The van der Waals surface area contributed by atoms with E-state index in [1.807, 2.05) is 0 Å². The summed E-state index contributed by atoms with van der Waals surface area (Å²) < 4.78 is 61.4. The molecule has 1 aliphatic rings. The summed E-state index contributed by atoms with van der Waals surface area (Å²) in [6.07, 6.45) is -4.90. The predicted molar refractivity (Wildman–Crippen MR) is 101 cm³/mol. The molecule has 0 fully saturated rings. The second-order valence-corrected chi connectivity index (χ2v) is 6.46. The number of carbonyl (C=O) groups is 1. The smallest absolute Gasteiger partial charge is 0.421 e. The zero-order chi connectivity index (χ0) is 22.1. The Morgan fingerprint density at radius 2 is 1.65 bits per heavy atom. The normalized spacial score (nSPS) is 15.7. The molecule has 160 valence electrons. The van der Waals surface area contributed by atoms with E-state index in [1.165, 1.54) is 18.3 Å². The number of ether oxygens (including phenoxy) is 2. The van der Waals surface area contributed by atoms with Crippen molar-refractivity contribution in [1.82, 2.24) is 9.97 Å². The van der Waals surface area contributed by atoms with E-state index in [2.05, 4.69) is 30.1 Å².